The van der Waals surface area contributed by atoms with Gasteiger partial charge >= 0.3 is 0 Å². The van der Waals surface area contributed by atoms with Crippen molar-refractivity contribution in [2.45, 2.75) is 44.6 Å². The molecule has 84 valence electrons. The molecule has 0 radical (unpaired) electrons. The number of hydrogen-bond acceptors (Lipinski definition) is 3. The fourth-order valence-electron chi connectivity index (χ4n) is 2.00. The van der Waals surface area contributed by atoms with Crippen LogP contribution in [0.3, 0.4) is 0 Å². The Morgan fingerprint density at radius 2 is 2.27 bits per heavy atom. The molecule has 4 heteroatoms. The Morgan fingerprint density at radius 3 is 2.93 bits per heavy atom. The summed E-state index contributed by atoms with van der Waals surface area (Å²) < 4.78 is 0. The first-order valence-electron chi connectivity index (χ1n) is 5.67. The van der Waals surface area contributed by atoms with E-state index in [1.807, 2.05) is 0 Å². The summed E-state index contributed by atoms with van der Waals surface area (Å²) in [5.41, 5.74) is 5.35. The normalized spacial score (nSPS) is 24.8. The van der Waals surface area contributed by atoms with Gasteiger partial charge in [-0.05, 0) is 38.6 Å². The fourth-order valence-corrected chi connectivity index (χ4v) is 2.00. The lowest BCUT2D eigenvalue weighted by Gasteiger charge is -2.15. The summed E-state index contributed by atoms with van der Waals surface area (Å²) in [5, 5.41) is 11.8. The Balaban J connectivity index is 2.22. The molecular weight excluding hydrogens is 190 g/mol. The molecule has 2 atom stereocenters. The molecule has 1 aliphatic carbocycles. The zero-order valence-corrected chi connectivity index (χ0v) is 9.04. The summed E-state index contributed by atoms with van der Waals surface area (Å²) in [7, 11) is 0. The van der Waals surface area contributed by atoms with Crippen molar-refractivity contribution in [3.05, 3.63) is 0 Å². The largest absolute Gasteiger partial charge is 0.352 e. The Kier molecular flexibility index (Phi) is 5.13. The molecule has 1 amide bonds. The molecule has 0 aliphatic heterocycles. The lowest BCUT2D eigenvalue weighted by molar-refractivity contribution is -0.122. The van der Waals surface area contributed by atoms with Crippen LogP contribution >= 0.6 is 0 Å². The number of unbranched alkanes of at least 4 members (excludes halogenated alkanes) is 1. The van der Waals surface area contributed by atoms with Gasteiger partial charge in [0.25, 0.3) is 0 Å². The minimum absolute atomic E-state index is 0.0171. The second kappa shape index (κ2) is 6.41. The van der Waals surface area contributed by atoms with Gasteiger partial charge in [-0.15, -0.1) is 0 Å². The van der Waals surface area contributed by atoms with Crippen molar-refractivity contribution in [3.63, 3.8) is 0 Å². The maximum atomic E-state index is 11.5. The highest BCUT2D eigenvalue weighted by Gasteiger charge is 2.27. The molecule has 3 N–H and O–H groups in total. The van der Waals surface area contributed by atoms with Crippen LogP contribution < -0.4 is 11.1 Å². The minimum Gasteiger partial charge on any atom is -0.352 e. The van der Waals surface area contributed by atoms with Gasteiger partial charge < -0.3 is 11.1 Å². The lowest BCUT2D eigenvalue weighted by Crippen LogP contribution is -2.36. The van der Waals surface area contributed by atoms with Crippen molar-refractivity contribution in [1.29, 1.82) is 5.26 Å². The first-order chi connectivity index (χ1) is 7.27. The van der Waals surface area contributed by atoms with Gasteiger partial charge in [-0.2, -0.15) is 5.26 Å². The maximum absolute atomic E-state index is 11.5. The predicted octanol–water partition coefficient (Wildman–Crippen LogP) is 0.924. The molecule has 1 aliphatic rings. The van der Waals surface area contributed by atoms with Gasteiger partial charge in [0.1, 0.15) is 0 Å². The van der Waals surface area contributed by atoms with E-state index in [0.717, 1.165) is 32.1 Å². The first-order valence-corrected chi connectivity index (χ1v) is 5.67. The topological polar surface area (TPSA) is 78.9 Å². The summed E-state index contributed by atoms with van der Waals surface area (Å²) in [4.78, 5) is 11.5. The van der Waals surface area contributed by atoms with Crippen molar-refractivity contribution < 1.29 is 4.79 Å². The SMILES string of the molecule is N#CC1CCCC1NC(=O)CCCCN. The summed E-state index contributed by atoms with van der Waals surface area (Å²) in [6.45, 7) is 0.636. The van der Waals surface area contributed by atoms with E-state index in [-0.39, 0.29) is 17.9 Å². The van der Waals surface area contributed by atoms with Crippen LogP contribution in [0.15, 0.2) is 0 Å². The monoisotopic (exact) mass is 209 g/mol. The van der Waals surface area contributed by atoms with Crippen LogP contribution in [0.5, 0.6) is 0 Å². The molecule has 1 saturated carbocycles. The molecule has 1 rings (SSSR count). The van der Waals surface area contributed by atoms with Crippen LogP contribution in [0.25, 0.3) is 0 Å². The van der Waals surface area contributed by atoms with Crippen LogP contribution in [0.2, 0.25) is 0 Å². The number of nitriles is 1. The fraction of sp³-hybridized carbons (Fsp3) is 0.818. The molecule has 0 spiro atoms. The van der Waals surface area contributed by atoms with Gasteiger partial charge in [0.2, 0.25) is 5.91 Å². The summed E-state index contributed by atoms with van der Waals surface area (Å²) in [6.07, 6.45) is 5.18. The van der Waals surface area contributed by atoms with Gasteiger partial charge in [-0.3, -0.25) is 4.79 Å². The number of carbonyl (C=O) groups is 1. The average molecular weight is 209 g/mol. The molecule has 0 bridgehead atoms. The summed E-state index contributed by atoms with van der Waals surface area (Å²) >= 11 is 0. The highest BCUT2D eigenvalue weighted by molar-refractivity contribution is 5.76. The Hall–Kier alpha value is -1.08. The molecule has 1 fully saturated rings. The van der Waals surface area contributed by atoms with Crippen LogP contribution in [-0.4, -0.2) is 18.5 Å². The van der Waals surface area contributed by atoms with E-state index in [2.05, 4.69) is 11.4 Å². The van der Waals surface area contributed by atoms with E-state index in [1.54, 1.807) is 0 Å². The summed E-state index contributed by atoms with van der Waals surface area (Å²) in [5.74, 6) is 0.0825. The molecular formula is C11H19N3O. The van der Waals surface area contributed by atoms with E-state index >= 15 is 0 Å². The quantitative estimate of drug-likeness (QED) is 0.661. The standard InChI is InChI=1S/C11H19N3O/c12-7-2-1-6-11(15)14-10-5-3-4-9(10)8-13/h9-10H,1-7,12H2,(H,14,15). The third kappa shape index (κ3) is 3.88. The third-order valence-electron chi connectivity index (χ3n) is 2.89. The number of carbonyl (C=O) groups excluding carboxylic acids is 1. The van der Waals surface area contributed by atoms with Crippen LogP contribution in [0, 0.1) is 17.2 Å². The Bertz CT molecular complexity index is 247. The zero-order valence-electron chi connectivity index (χ0n) is 9.04. The minimum atomic E-state index is 0.0171. The molecule has 0 saturated heterocycles. The van der Waals surface area contributed by atoms with Gasteiger partial charge in [0.15, 0.2) is 0 Å². The third-order valence-corrected chi connectivity index (χ3v) is 2.89. The van der Waals surface area contributed by atoms with Crippen molar-refractivity contribution >= 4 is 5.91 Å². The number of nitrogens with one attached hydrogen (secondary N) is 1. The summed E-state index contributed by atoms with van der Waals surface area (Å²) in [6, 6.07) is 2.34. The van der Waals surface area contributed by atoms with Crippen LogP contribution in [0.1, 0.15) is 38.5 Å². The molecule has 0 aromatic heterocycles. The van der Waals surface area contributed by atoms with Gasteiger partial charge in [-0.25, -0.2) is 0 Å². The molecule has 4 nitrogen and oxygen atoms in total. The molecule has 0 aromatic rings. The van der Waals surface area contributed by atoms with Crippen molar-refractivity contribution in [2.24, 2.45) is 11.7 Å². The smallest absolute Gasteiger partial charge is 0.220 e. The van der Waals surface area contributed by atoms with Gasteiger partial charge in [-0.1, -0.05) is 0 Å². The van der Waals surface area contributed by atoms with Crippen LogP contribution in [-0.2, 0) is 4.79 Å². The number of rotatable bonds is 5. The second-order valence-electron chi connectivity index (χ2n) is 4.09. The molecule has 15 heavy (non-hydrogen) atoms. The Morgan fingerprint density at radius 1 is 1.47 bits per heavy atom. The maximum Gasteiger partial charge on any atom is 0.220 e. The van der Waals surface area contributed by atoms with Gasteiger partial charge in [0.05, 0.1) is 12.0 Å². The average Bonchev–Trinajstić information content (AvgIpc) is 2.65. The molecule has 0 heterocycles. The van der Waals surface area contributed by atoms with Gasteiger partial charge in [0, 0.05) is 12.5 Å². The van der Waals surface area contributed by atoms with E-state index in [0.29, 0.717) is 13.0 Å². The number of hydrogen-bond donors (Lipinski definition) is 2. The number of nitrogens with two attached hydrogens (primary N) is 1. The van der Waals surface area contributed by atoms with E-state index in [1.165, 1.54) is 0 Å². The Labute approximate surface area is 90.8 Å². The van der Waals surface area contributed by atoms with E-state index in [4.69, 9.17) is 11.0 Å². The number of amides is 1. The van der Waals surface area contributed by atoms with Crippen molar-refractivity contribution in [3.8, 4) is 6.07 Å². The van der Waals surface area contributed by atoms with Crippen molar-refractivity contribution in [2.75, 3.05) is 6.54 Å². The highest BCUT2D eigenvalue weighted by Crippen LogP contribution is 2.24. The van der Waals surface area contributed by atoms with Crippen LogP contribution in [0.4, 0.5) is 0 Å². The molecule has 0 aromatic carbocycles. The molecule has 2 unspecified atom stereocenters. The lowest BCUT2D eigenvalue weighted by atomic mass is 10.1. The number of nitrogens with zero attached hydrogens (tertiary/aromatic N) is 1. The zero-order chi connectivity index (χ0) is 11.1. The first kappa shape index (κ1) is 12.0. The van der Waals surface area contributed by atoms with E-state index in [9.17, 15) is 4.79 Å². The predicted molar refractivity (Wildman–Crippen MR) is 57.8 cm³/mol. The van der Waals surface area contributed by atoms with E-state index < -0.39 is 0 Å². The second-order valence-corrected chi connectivity index (χ2v) is 4.09. The highest BCUT2D eigenvalue weighted by atomic mass is 16.1. The van der Waals surface area contributed by atoms with Crippen molar-refractivity contribution in [1.82, 2.24) is 5.32 Å².